The van der Waals surface area contributed by atoms with Gasteiger partial charge >= 0.3 is 12.1 Å². The number of nitrogens with zero attached hydrogens (tertiary/aromatic N) is 2. The molecule has 11 nitrogen and oxygen atoms in total. The maximum atomic E-state index is 14.1. The van der Waals surface area contributed by atoms with Crippen molar-refractivity contribution in [2.45, 2.75) is 82.5 Å². The van der Waals surface area contributed by atoms with Crippen molar-refractivity contribution in [3.05, 3.63) is 60.2 Å². The second-order valence-electron chi connectivity index (χ2n) is 13.2. The maximum Gasteiger partial charge on any atom is 0.408 e. The summed E-state index contributed by atoms with van der Waals surface area (Å²) >= 11 is 0. The molecule has 5 rings (SSSR count). The van der Waals surface area contributed by atoms with E-state index in [0.717, 1.165) is 30.0 Å². The molecule has 2 fully saturated rings. The number of hydrogen-bond acceptors (Lipinski definition) is 6. The number of allylic oxidation sites excluding steroid dienone is 1. The molecule has 1 aliphatic carbocycles. The lowest BCUT2D eigenvalue weighted by Gasteiger charge is -2.42. The van der Waals surface area contributed by atoms with Crippen LogP contribution in [0.3, 0.4) is 0 Å². The monoisotopic (exact) mass is 618 g/mol. The first-order valence-electron chi connectivity index (χ1n) is 15.7. The van der Waals surface area contributed by atoms with Gasteiger partial charge in [0.2, 0.25) is 11.8 Å². The van der Waals surface area contributed by atoms with Crippen molar-refractivity contribution >= 4 is 40.6 Å². The third-order valence-electron chi connectivity index (χ3n) is 8.71. The van der Waals surface area contributed by atoms with Gasteiger partial charge in [-0.05, 0) is 69.4 Å². The average Bonchev–Trinajstić information content (AvgIpc) is 3.70. The standard InChI is InChI=1S/C34H42N4O7/c1-33(2,3)45-32(44)35-26-14-8-6-4-5-7-13-25-20-34(25,31(42)43)36-28(39)27-21-37(17-18-38(27)30(26)41)29(40)24-16-15-22-11-9-10-12-23(22)19-24/h7,9-13,15-16,19,25-27H,4-6,8,14,17-18,20-21H2,1-3H3,(H,35,44)(H,36,39)(H,42,43)/b13-7-/t25-,26?,27+,34-/m1/s1. The molecule has 2 aromatic rings. The molecule has 45 heavy (non-hydrogen) atoms. The lowest BCUT2D eigenvalue weighted by Crippen LogP contribution is -2.65. The number of ether oxygens (including phenoxy) is 1. The Labute approximate surface area is 262 Å². The summed E-state index contributed by atoms with van der Waals surface area (Å²) in [6.07, 6.45) is 6.66. The molecule has 1 saturated heterocycles. The largest absolute Gasteiger partial charge is 0.479 e. The van der Waals surface area contributed by atoms with E-state index in [-0.39, 0.29) is 37.9 Å². The Hall–Kier alpha value is -4.41. The molecule has 0 aromatic heterocycles. The van der Waals surface area contributed by atoms with E-state index in [9.17, 15) is 29.1 Å². The zero-order valence-electron chi connectivity index (χ0n) is 26.1. The predicted molar refractivity (Wildman–Crippen MR) is 167 cm³/mol. The molecule has 11 heteroatoms. The molecule has 4 amide bonds. The van der Waals surface area contributed by atoms with Crippen LogP contribution in [-0.2, 0) is 19.1 Å². The van der Waals surface area contributed by atoms with Gasteiger partial charge in [0.15, 0.2) is 0 Å². The number of alkyl carbamates (subject to hydrolysis) is 1. The number of carbonyl (C=O) groups excluding carboxylic acids is 4. The van der Waals surface area contributed by atoms with Crippen LogP contribution in [0.4, 0.5) is 4.79 Å². The van der Waals surface area contributed by atoms with E-state index in [0.29, 0.717) is 18.4 Å². The Morgan fingerprint density at radius 1 is 1.02 bits per heavy atom. The number of piperazine rings is 1. The van der Waals surface area contributed by atoms with Crippen molar-refractivity contribution in [3.63, 3.8) is 0 Å². The smallest absolute Gasteiger partial charge is 0.408 e. The van der Waals surface area contributed by atoms with Crippen molar-refractivity contribution in [1.29, 1.82) is 0 Å². The van der Waals surface area contributed by atoms with E-state index in [4.69, 9.17) is 4.74 Å². The SMILES string of the molecule is CC(C)(C)OC(=O)NC1CCCCC/C=C\[C@@H]2C[C@@]2(C(=O)O)NC(=O)[C@@H]2CN(C(=O)c3ccc4ccccc4c3)CCN2C1=O. The molecule has 1 unspecified atom stereocenters. The van der Waals surface area contributed by atoms with Crippen molar-refractivity contribution in [2.75, 3.05) is 19.6 Å². The second kappa shape index (κ2) is 12.9. The second-order valence-corrected chi connectivity index (χ2v) is 13.2. The van der Waals surface area contributed by atoms with Crippen LogP contribution < -0.4 is 10.6 Å². The molecule has 3 N–H and O–H groups in total. The van der Waals surface area contributed by atoms with Crippen LogP contribution in [-0.4, -0.2) is 87.5 Å². The number of carbonyl (C=O) groups is 5. The molecule has 0 spiro atoms. The Morgan fingerprint density at radius 2 is 1.78 bits per heavy atom. The highest BCUT2D eigenvalue weighted by atomic mass is 16.6. The highest BCUT2D eigenvalue weighted by molar-refractivity contribution is 6.00. The van der Waals surface area contributed by atoms with E-state index < -0.39 is 47.1 Å². The van der Waals surface area contributed by atoms with Gasteiger partial charge in [-0.25, -0.2) is 9.59 Å². The van der Waals surface area contributed by atoms with E-state index in [1.807, 2.05) is 42.5 Å². The van der Waals surface area contributed by atoms with Crippen LogP contribution in [0, 0.1) is 5.92 Å². The first-order chi connectivity index (χ1) is 21.4. The Morgan fingerprint density at radius 3 is 2.51 bits per heavy atom. The molecule has 2 aromatic carbocycles. The number of amides is 4. The van der Waals surface area contributed by atoms with Crippen molar-refractivity contribution in [2.24, 2.45) is 5.92 Å². The predicted octanol–water partition coefficient (Wildman–Crippen LogP) is 3.87. The topological polar surface area (TPSA) is 145 Å². The van der Waals surface area contributed by atoms with Crippen LogP contribution in [0.2, 0.25) is 0 Å². The first kappa shape index (κ1) is 32.0. The molecule has 3 aliphatic rings. The number of nitrogens with one attached hydrogen (secondary N) is 2. The fourth-order valence-electron chi connectivity index (χ4n) is 6.18. The summed E-state index contributed by atoms with van der Waals surface area (Å²) in [5.41, 5.74) is -1.80. The van der Waals surface area contributed by atoms with Crippen molar-refractivity contribution in [1.82, 2.24) is 20.4 Å². The third kappa shape index (κ3) is 7.29. The fourth-order valence-corrected chi connectivity index (χ4v) is 6.18. The Kier molecular flexibility index (Phi) is 9.18. The normalized spacial score (nSPS) is 26.8. The van der Waals surface area contributed by atoms with Gasteiger partial charge in [-0.3, -0.25) is 14.4 Å². The minimum atomic E-state index is -1.47. The minimum absolute atomic E-state index is 0.0339. The highest BCUT2D eigenvalue weighted by Gasteiger charge is 2.61. The quantitative estimate of drug-likeness (QED) is 0.443. The number of benzene rings is 2. The van der Waals surface area contributed by atoms with Gasteiger partial charge < -0.3 is 30.3 Å². The van der Waals surface area contributed by atoms with Crippen molar-refractivity contribution in [3.8, 4) is 0 Å². The number of rotatable bonds is 3. The molecular formula is C34H42N4O7. The summed E-state index contributed by atoms with van der Waals surface area (Å²) in [5, 5.41) is 17.4. The maximum absolute atomic E-state index is 14.1. The molecular weight excluding hydrogens is 576 g/mol. The van der Waals surface area contributed by atoms with Gasteiger partial charge in [0, 0.05) is 24.6 Å². The van der Waals surface area contributed by atoms with Gasteiger partial charge in [-0.15, -0.1) is 0 Å². The molecule has 4 atom stereocenters. The van der Waals surface area contributed by atoms with E-state index in [1.54, 1.807) is 32.9 Å². The van der Waals surface area contributed by atoms with Gasteiger partial charge in [0.05, 0.1) is 6.54 Å². The number of carboxylic acid groups (broad SMARTS) is 1. The highest BCUT2D eigenvalue weighted by Crippen LogP contribution is 2.45. The number of hydrogen-bond donors (Lipinski definition) is 3. The molecule has 0 bridgehead atoms. The van der Waals surface area contributed by atoms with Crippen LogP contribution in [0.15, 0.2) is 54.6 Å². The summed E-state index contributed by atoms with van der Waals surface area (Å²) in [6.45, 7) is 5.26. The minimum Gasteiger partial charge on any atom is -0.479 e. The lowest BCUT2D eigenvalue weighted by atomic mass is 10.0. The molecule has 2 heterocycles. The Bertz CT molecular complexity index is 1520. The number of fused-ring (bicyclic) bond motifs is 3. The van der Waals surface area contributed by atoms with Crippen molar-refractivity contribution < 1.29 is 33.8 Å². The fraction of sp³-hybridized carbons (Fsp3) is 0.500. The van der Waals surface area contributed by atoms with Crippen LogP contribution >= 0.6 is 0 Å². The van der Waals surface area contributed by atoms with Gasteiger partial charge in [0.1, 0.15) is 23.2 Å². The average molecular weight is 619 g/mol. The Balaban J connectivity index is 1.44. The molecule has 1 saturated carbocycles. The summed E-state index contributed by atoms with van der Waals surface area (Å²) < 4.78 is 5.43. The van der Waals surface area contributed by atoms with E-state index in [2.05, 4.69) is 10.6 Å². The van der Waals surface area contributed by atoms with Crippen LogP contribution in [0.25, 0.3) is 10.8 Å². The van der Waals surface area contributed by atoms with Crippen LogP contribution in [0.5, 0.6) is 0 Å². The first-order valence-corrected chi connectivity index (χ1v) is 15.7. The summed E-state index contributed by atoms with van der Waals surface area (Å²) in [7, 11) is 0. The number of aliphatic carboxylic acids is 1. The van der Waals surface area contributed by atoms with E-state index in [1.165, 1.54) is 9.80 Å². The molecule has 240 valence electrons. The van der Waals surface area contributed by atoms with E-state index >= 15 is 0 Å². The number of carboxylic acids is 1. The zero-order chi connectivity index (χ0) is 32.4. The molecule has 0 radical (unpaired) electrons. The molecule has 2 aliphatic heterocycles. The van der Waals surface area contributed by atoms with Gasteiger partial charge in [-0.2, -0.15) is 0 Å². The van der Waals surface area contributed by atoms with Gasteiger partial charge in [0.25, 0.3) is 5.91 Å². The summed E-state index contributed by atoms with van der Waals surface area (Å²) in [5.74, 6) is -2.92. The zero-order valence-corrected chi connectivity index (χ0v) is 26.1. The summed E-state index contributed by atoms with van der Waals surface area (Å²) in [6, 6.07) is 11.0. The van der Waals surface area contributed by atoms with Gasteiger partial charge in [-0.1, -0.05) is 55.3 Å². The van der Waals surface area contributed by atoms with Crippen LogP contribution in [0.1, 0.15) is 69.7 Å². The lowest BCUT2D eigenvalue weighted by molar-refractivity contribution is -0.148. The third-order valence-corrected chi connectivity index (χ3v) is 8.71. The summed E-state index contributed by atoms with van der Waals surface area (Å²) in [4.78, 5) is 69.8.